The zero-order valence-electron chi connectivity index (χ0n) is 14.2. The second-order valence-corrected chi connectivity index (χ2v) is 6.02. The molecule has 1 heterocycles. The summed E-state index contributed by atoms with van der Waals surface area (Å²) < 4.78 is 6.93. The second kappa shape index (κ2) is 7.09. The first-order chi connectivity index (χ1) is 12.4. The fourth-order valence-electron chi connectivity index (χ4n) is 2.77. The van der Waals surface area contributed by atoms with Gasteiger partial charge < -0.3 is 19.5 Å². The van der Waals surface area contributed by atoms with Crippen LogP contribution < -0.4 is 4.74 Å². The maximum Gasteiger partial charge on any atom is 0.335 e. The van der Waals surface area contributed by atoms with Crippen LogP contribution in [0.1, 0.15) is 28.7 Å². The highest BCUT2D eigenvalue weighted by Crippen LogP contribution is 2.30. The smallest absolute Gasteiger partial charge is 0.335 e. The van der Waals surface area contributed by atoms with Crippen molar-refractivity contribution in [2.75, 3.05) is 7.11 Å². The average Bonchev–Trinajstić information content (AvgIpc) is 2.99. The molecule has 6 nitrogen and oxygen atoms in total. The highest BCUT2D eigenvalue weighted by atomic mass is 35.5. The van der Waals surface area contributed by atoms with E-state index in [4.69, 9.17) is 21.4 Å². The summed E-state index contributed by atoms with van der Waals surface area (Å²) in [4.78, 5) is 15.7. The number of ether oxygens (including phenoxy) is 1. The number of carboxylic acids is 1. The number of nitrogens with zero attached hydrogens (tertiary/aromatic N) is 2. The van der Waals surface area contributed by atoms with Crippen molar-refractivity contribution in [1.82, 2.24) is 9.55 Å². The summed E-state index contributed by atoms with van der Waals surface area (Å²) in [5.74, 6) is -0.0852. The molecule has 0 saturated carbocycles. The maximum absolute atomic E-state index is 11.2. The molecule has 0 spiro atoms. The van der Waals surface area contributed by atoms with Crippen molar-refractivity contribution in [3.8, 4) is 11.5 Å². The van der Waals surface area contributed by atoms with E-state index in [1.807, 2.05) is 11.5 Å². The van der Waals surface area contributed by atoms with Crippen LogP contribution in [0.15, 0.2) is 36.4 Å². The van der Waals surface area contributed by atoms with Crippen molar-refractivity contribution < 1.29 is 19.7 Å². The molecule has 7 heteroatoms. The van der Waals surface area contributed by atoms with Crippen molar-refractivity contribution in [3.63, 3.8) is 0 Å². The molecule has 134 valence electrons. The number of hydrogen-bond donors (Lipinski definition) is 2. The zero-order chi connectivity index (χ0) is 18.8. The Hall–Kier alpha value is -2.99. The molecule has 0 bridgehead atoms. The SMILES string of the molecule is CCn1c(/C(Cl)=C/c2ccc(OC)c(O)c2)nc2cc(C(=O)O)ccc21. The Morgan fingerprint density at radius 3 is 2.69 bits per heavy atom. The van der Waals surface area contributed by atoms with Crippen molar-refractivity contribution >= 4 is 39.7 Å². The van der Waals surface area contributed by atoms with Gasteiger partial charge >= 0.3 is 5.97 Å². The van der Waals surface area contributed by atoms with Gasteiger partial charge in [0.2, 0.25) is 0 Å². The molecule has 0 aliphatic rings. The van der Waals surface area contributed by atoms with Crippen LogP contribution in [0.3, 0.4) is 0 Å². The average molecular weight is 373 g/mol. The minimum atomic E-state index is -1.00. The van der Waals surface area contributed by atoms with E-state index in [2.05, 4.69) is 4.98 Å². The number of carboxylic acid groups (broad SMARTS) is 1. The standard InChI is InChI=1S/C19H17ClN2O4/c1-3-22-15-6-5-12(19(24)25)10-14(15)21-18(22)13(20)8-11-4-7-17(26-2)16(23)9-11/h4-10,23H,3H2,1-2H3,(H,24,25)/b13-8-. The topological polar surface area (TPSA) is 84.6 Å². The fourth-order valence-corrected chi connectivity index (χ4v) is 3.04. The second-order valence-electron chi connectivity index (χ2n) is 5.61. The van der Waals surface area contributed by atoms with E-state index < -0.39 is 5.97 Å². The normalized spacial score (nSPS) is 11.7. The van der Waals surface area contributed by atoms with Crippen LogP contribution in [0.25, 0.3) is 22.1 Å². The van der Waals surface area contributed by atoms with Gasteiger partial charge in [0, 0.05) is 6.54 Å². The summed E-state index contributed by atoms with van der Waals surface area (Å²) in [6.45, 7) is 2.58. The Balaban J connectivity index is 2.08. The van der Waals surface area contributed by atoms with Crippen molar-refractivity contribution in [3.05, 3.63) is 53.3 Å². The van der Waals surface area contributed by atoms with E-state index >= 15 is 0 Å². The summed E-state index contributed by atoms with van der Waals surface area (Å²) in [6, 6.07) is 9.75. The number of phenolic OH excluding ortho intramolecular Hbond substituents is 1. The van der Waals surface area contributed by atoms with E-state index in [0.29, 0.717) is 34.2 Å². The minimum Gasteiger partial charge on any atom is -0.504 e. The van der Waals surface area contributed by atoms with Crippen molar-refractivity contribution in [2.45, 2.75) is 13.5 Å². The molecule has 3 aromatic rings. The van der Waals surface area contributed by atoms with Crippen LogP contribution in [0, 0.1) is 0 Å². The lowest BCUT2D eigenvalue weighted by Gasteiger charge is -2.06. The van der Waals surface area contributed by atoms with Crippen LogP contribution in [0.5, 0.6) is 11.5 Å². The third-order valence-electron chi connectivity index (χ3n) is 4.02. The molecule has 2 aromatic carbocycles. The number of carbonyl (C=O) groups is 1. The first kappa shape index (κ1) is 17.8. The van der Waals surface area contributed by atoms with E-state index in [0.717, 1.165) is 5.52 Å². The van der Waals surface area contributed by atoms with Gasteiger partial charge in [-0.15, -0.1) is 0 Å². The van der Waals surface area contributed by atoms with Gasteiger partial charge in [0.05, 0.1) is 28.7 Å². The van der Waals surface area contributed by atoms with Gasteiger partial charge in [0.1, 0.15) is 0 Å². The number of methoxy groups -OCH3 is 1. The van der Waals surface area contributed by atoms with Gasteiger partial charge in [-0.1, -0.05) is 17.7 Å². The molecule has 0 atom stereocenters. The van der Waals surface area contributed by atoms with E-state index in [-0.39, 0.29) is 11.3 Å². The van der Waals surface area contributed by atoms with Gasteiger partial charge in [-0.3, -0.25) is 0 Å². The molecule has 0 aliphatic heterocycles. The van der Waals surface area contributed by atoms with Gasteiger partial charge in [0.15, 0.2) is 17.3 Å². The van der Waals surface area contributed by atoms with Crippen LogP contribution in [0.4, 0.5) is 0 Å². The van der Waals surface area contributed by atoms with Crippen LogP contribution >= 0.6 is 11.6 Å². The number of fused-ring (bicyclic) bond motifs is 1. The van der Waals surface area contributed by atoms with Gasteiger partial charge in [0.25, 0.3) is 0 Å². The highest BCUT2D eigenvalue weighted by Gasteiger charge is 2.15. The number of aryl methyl sites for hydroxylation is 1. The van der Waals surface area contributed by atoms with E-state index in [9.17, 15) is 9.90 Å². The lowest BCUT2D eigenvalue weighted by atomic mass is 10.2. The quantitative estimate of drug-likeness (QED) is 0.701. The van der Waals surface area contributed by atoms with Crippen molar-refractivity contribution in [1.29, 1.82) is 0 Å². The third kappa shape index (κ3) is 3.23. The first-order valence-electron chi connectivity index (χ1n) is 7.92. The highest BCUT2D eigenvalue weighted by molar-refractivity contribution is 6.50. The number of aromatic hydroxyl groups is 1. The number of halogens is 1. The molecule has 3 rings (SSSR count). The van der Waals surface area contributed by atoms with E-state index in [1.165, 1.54) is 13.2 Å². The number of aromatic carboxylic acids is 1. The molecule has 0 radical (unpaired) electrons. The first-order valence-corrected chi connectivity index (χ1v) is 8.30. The molecular formula is C19H17ClN2O4. The Kier molecular flexibility index (Phi) is 4.86. The Labute approximate surface area is 154 Å². The number of aromatic nitrogens is 2. The number of imidazole rings is 1. The molecule has 0 saturated heterocycles. The molecular weight excluding hydrogens is 356 g/mol. The number of hydrogen-bond acceptors (Lipinski definition) is 4. The molecule has 1 aromatic heterocycles. The lowest BCUT2D eigenvalue weighted by molar-refractivity contribution is 0.0697. The number of phenols is 1. The molecule has 0 fully saturated rings. The predicted octanol–water partition coefficient (Wildman–Crippen LogP) is 4.21. The Bertz CT molecular complexity index is 1020. The lowest BCUT2D eigenvalue weighted by Crippen LogP contribution is -1.99. The van der Waals surface area contributed by atoms with Crippen LogP contribution in [-0.2, 0) is 6.54 Å². The third-order valence-corrected chi connectivity index (χ3v) is 4.30. The minimum absolute atomic E-state index is 0.0146. The van der Waals surface area contributed by atoms with Crippen LogP contribution in [-0.4, -0.2) is 32.8 Å². The summed E-state index contributed by atoms with van der Waals surface area (Å²) in [7, 11) is 1.48. The Morgan fingerprint density at radius 2 is 2.08 bits per heavy atom. The molecule has 2 N–H and O–H groups in total. The number of benzene rings is 2. The Morgan fingerprint density at radius 1 is 1.31 bits per heavy atom. The largest absolute Gasteiger partial charge is 0.504 e. The predicted molar refractivity (Wildman–Crippen MR) is 101 cm³/mol. The maximum atomic E-state index is 11.2. The molecule has 0 aliphatic carbocycles. The van der Waals surface area contributed by atoms with Crippen molar-refractivity contribution in [2.24, 2.45) is 0 Å². The van der Waals surface area contributed by atoms with Gasteiger partial charge in [-0.05, 0) is 48.9 Å². The summed E-state index contributed by atoms with van der Waals surface area (Å²) in [5, 5.41) is 19.4. The monoisotopic (exact) mass is 372 g/mol. The summed E-state index contributed by atoms with van der Waals surface area (Å²) in [6.07, 6.45) is 1.69. The van der Waals surface area contributed by atoms with Crippen LogP contribution in [0.2, 0.25) is 0 Å². The van der Waals surface area contributed by atoms with E-state index in [1.54, 1.807) is 36.4 Å². The number of rotatable bonds is 5. The molecule has 26 heavy (non-hydrogen) atoms. The molecule has 0 amide bonds. The van der Waals surface area contributed by atoms with Gasteiger partial charge in [-0.2, -0.15) is 0 Å². The molecule has 0 unspecified atom stereocenters. The van der Waals surface area contributed by atoms with Gasteiger partial charge in [-0.25, -0.2) is 9.78 Å². The summed E-state index contributed by atoms with van der Waals surface area (Å²) >= 11 is 6.47. The zero-order valence-corrected chi connectivity index (χ0v) is 15.0. The summed E-state index contributed by atoms with van der Waals surface area (Å²) in [5.41, 5.74) is 2.22. The fraction of sp³-hybridized carbons (Fsp3) is 0.158.